The second-order valence-electron chi connectivity index (χ2n) is 5.29. The lowest BCUT2D eigenvalue weighted by atomic mass is 10.3. The second kappa shape index (κ2) is 9.03. The van der Waals surface area contributed by atoms with Crippen LogP contribution in [0.2, 0.25) is 5.02 Å². The molecule has 2 aromatic heterocycles. The Kier molecular flexibility index (Phi) is 6.49. The van der Waals surface area contributed by atoms with Crippen LogP contribution in [0.5, 0.6) is 0 Å². The number of rotatable bonds is 8. The van der Waals surface area contributed by atoms with E-state index in [9.17, 15) is 4.79 Å². The minimum absolute atomic E-state index is 0.0422. The molecule has 0 aliphatic rings. The van der Waals surface area contributed by atoms with Crippen molar-refractivity contribution in [3.63, 3.8) is 0 Å². The number of halogens is 1. The Morgan fingerprint density at radius 2 is 2.24 bits per heavy atom. The Bertz CT molecular complexity index is 820. The monoisotopic (exact) mass is 392 g/mol. The van der Waals surface area contributed by atoms with Gasteiger partial charge in [0.2, 0.25) is 5.91 Å². The number of thiophene rings is 1. The van der Waals surface area contributed by atoms with Gasteiger partial charge in [0.05, 0.1) is 0 Å². The highest BCUT2D eigenvalue weighted by Gasteiger charge is 2.08. The molecule has 5 nitrogen and oxygen atoms in total. The van der Waals surface area contributed by atoms with Crippen molar-refractivity contribution in [2.45, 2.75) is 24.5 Å². The number of amides is 1. The largest absolute Gasteiger partial charge is 0.326 e. The summed E-state index contributed by atoms with van der Waals surface area (Å²) in [5, 5.41) is 14.5. The van der Waals surface area contributed by atoms with Crippen LogP contribution in [0.25, 0.3) is 0 Å². The molecular weight excluding hydrogens is 376 g/mol. The summed E-state index contributed by atoms with van der Waals surface area (Å²) in [7, 11) is 0. The third-order valence-corrected chi connectivity index (χ3v) is 5.58. The molecule has 3 aromatic rings. The fourth-order valence-corrected chi connectivity index (χ4v) is 3.99. The average Bonchev–Trinajstić information content (AvgIpc) is 3.24. The van der Waals surface area contributed by atoms with Crippen molar-refractivity contribution in [2.75, 3.05) is 11.1 Å². The summed E-state index contributed by atoms with van der Waals surface area (Å²) in [6.07, 6.45) is 3.09. The van der Waals surface area contributed by atoms with E-state index in [1.165, 1.54) is 16.6 Å². The lowest BCUT2D eigenvalue weighted by molar-refractivity contribution is -0.115. The van der Waals surface area contributed by atoms with Gasteiger partial charge in [-0.2, -0.15) is 0 Å². The number of nitrogens with one attached hydrogen (secondary N) is 1. The van der Waals surface area contributed by atoms with Gasteiger partial charge in [0, 0.05) is 34.3 Å². The molecule has 1 N–H and O–H groups in total. The van der Waals surface area contributed by atoms with Crippen LogP contribution in [0, 0.1) is 0 Å². The van der Waals surface area contributed by atoms with Gasteiger partial charge in [0.15, 0.2) is 5.16 Å². The third kappa shape index (κ3) is 5.59. The number of nitrogens with zero attached hydrogens (tertiary/aromatic N) is 3. The highest BCUT2D eigenvalue weighted by Crippen LogP contribution is 2.19. The van der Waals surface area contributed by atoms with Crippen LogP contribution in [-0.4, -0.2) is 26.4 Å². The van der Waals surface area contributed by atoms with E-state index in [1.807, 2.05) is 16.7 Å². The molecule has 0 unspecified atom stereocenters. The standard InChI is InChI=1S/C17H17ClN4OS2/c18-13-3-1-4-14(11-13)20-16(23)7-10-25-17-21-19-12-22(17)8-6-15-5-2-9-24-15/h1-5,9,11-12H,6-8,10H2,(H,20,23). The van der Waals surface area contributed by atoms with Crippen molar-refractivity contribution < 1.29 is 4.79 Å². The van der Waals surface area contributed by atoms with Crippen LogP contribution in [0.4, 0.5) is 5.69 Å². The number of hydrogen-bond donors (Lipinski definition) is 1. The van der Waals surface area contributed by atoms with Gasteiger partial charge in [0.1, 0.15) is 6.33 Å². The molecule has 0 bridgehead atoms. The van der Waals surface area contributed by atoms with Crippen LogP contribution in [-0.2, 0) is 17.8 Å². The van der Waals surface area contributed by atoms with Crippen molar-refractivity contribution in [3.8, 4) is 0 Å². The number of anilines is 1. The molecule has 3 rings (SSSR count). The molecule has 1 aromatic carbocycles. The average molecular weight is 393 g/mol. The zero-order valence-electron chi connectivity index (χ0n) is 13.4. The lowest BCUT2D eigenvalue weighted by Gasteiger charge is -2.07. The van der Waals surface area contributed by atoms with Gasteiger partial charge < -0.3 is 9.88 Å². The molecule has 0 spiro atoms. The van der Waals surface area contributed by atoms with Crippen LogP contribution < -0.4 is 5.32 Å². The molecule has 0 aliphatic carbocycles. The zero-order chi connectivity index (χ0) is 17.5. The van der Waals surface area contributed by atoms with E-state index in [0.717, 1.165) is 18.1 Å². The molecular formula is C17H17ClN4OS2. The number of aromatic nitrogens is 3. The number of carbonyl (C=O) groups is 1. The fraction of sp³-hybridized carbons (Fsp3) is 0.235. The van der Waals surface area contributed by atoms with Gasteiger partial charge in [-0.05, 0) is 36.1 Å². The first-order valence-corrected chi connectivity index (χ1v) is 10.0. The normalized spacial score (nSPS) is 10.8. The Morgan fingerprint density at radius 1 is 1.32 bits per heavy atom. The highest BCUT2D eigenvalue weighted by atomic mass is 35.5. The second-order valence-corrected chi connectivity index (χ2v) is 7.82. The summed E-state index contributed by atoms with van der Waals surface area (Å²) >= 11 is 9.20. The third-order valence-electron chi connectivity index (χ3n) is 3.43. The molecule has 130 valence electrons. The number of carbonyl (C=O) groups excluding carboxylic acids is 1. The van der Waals surface area contributed by atoms with E-state index >= 15 is 0 Å². The SMILES string of the molecule is O=C(CCSc1nncn1CCc1cccs1)Nc1cccc(Cl)c1. The Balaban J connectivity index is 1.44. The predicted molar refractivity (Wildman–Crippen MR) is 103 cm³/mol. The first-order chi connectivity index (χ1) is 12.2. The van der Waals surface area contributed by atoms with Gasteiger partial charge in [-0.15, -0.1) is 21.5 Å². The summed E-state index contributed by atoms with van der Waals surface area (Å²) in [6, 6.07) is 11.3. The molecule has 2 heterocycles. The van der Waals surface area contributed by atoms with E-state index in [4.69, 9.17) is 11.6 Å². The van der Waals surface area contributed by atoms with Crippen LogP contribution in [0.1, 0.15) is 11.3 Å². The van der Waals surface area contributed by atoms with Crippen molar-refractivity contribution in [1.82, 2.24) is 14.8 Å². The van der Waals surface area contributed by atoms with Crippen molar-refractivity contribution >= 4 is 46.3 Å². The number of benzene rings is 1. The van der Waals surface area contributed by atoms with Gasteiger partial charge in [-0.1, -0.05) is 35.5 Å². The summed E-state index contributed by atoms with van der Waals surface area (Å²) < 4.78 is 2.03. The van der Waals surface area contributed by atoms with Crippen molar-refractivity contribution in [1.29, 1.82) is 0 Å². The number of aryl methyl sites for hydroxylation is 2. The number of hydrogen-bond acceptors (Lipinski definition) is 5. The van der Waals surface area contributed by atoms with Crippen LogP contribution in [0.15, 0.2) is 53.3 Å². The molecule has 0 atom stereocenters. The molecule has 0 saturated carbocycles. The molecule has 8 heteroatoms. The topological polar surface area (TPSA) is 59.8 Å². The Hall–Kier alpha value is -1.83. The molecule has 0 fully saturated rings. The van der Waals surface area contributed by atoms with Gasteiger partial charge in [0.25, 0.3) is 0 Å². The molecule has 1 amide bonds. The van der Waals surface area contributed by atoms with Gasteiger partial charge >= 0.3 is 0 Å². The van der Waals surface area contributed by atoms with E-state index in [2.05, 4.69) is 33.0 Å². The summed E-state index contributed by atoms with van der Waals surface area (Å²) in [5.41, 5.74) is 0.710. The number of thioether (sulfide) groups is 1. The highest BCUT2D eigenvalue weighted by molar-refractivity contribution is 7.99. The lowest BCUT2D eigenvalue weighted by Crippen LogP contribution is -2.12. The van der Waals surface area contributed by atoms with E-state index < -0.39 is 0 Å². The minimum Gasteiger partial charge on any atom is -0.326 e. The van der Waals surface area contributed by atoms with E-state index in [1.54, 1.807) is 29.8 Å². The van der Waals surface area contributed by atoms with Crippen LogP contribution in [0.3, 0.4) is 0 Å². The van der Waals surface area contributed by atoms with Crippen molar-refractivity contribution in [2.24, 2.45) is 0 Å². The smallest absolute Gasteiger partial charge is 0.225 e. The quantitative estimate of drug-likeness (QED) is 0.579. The molecule has 0 aliphatic heterocycles. The Morgan fingerprint density at radius 3 is 3.04 bits per heavy atom. The first kappa shape index (κ1) is 18.0. The van der Waals surface area contributed by atoms with Gasteiger partial charge in [-0.25, -0.2) is 0 Å². The predicted octanol–water partition coefficient (Wildman–Crippen LogP) is 4.36. The van der Waals surface area contributed by atoms with Crippen molar-refractivity contribution in [3.05, 3.63) is 58.0 Å². The summed E-state index contributed by atoms with van der Waals surface area (Å²) in [4.78, 5) is 13.3. The summed E-state index contributed by atoms with van der Waals surface area (Å²) in [6.45, 7) is 0.838. The maximum atomic E-state index is 12.0. The molecule has 25 heavy (non-hydrogen) atoms. The van der Waals surface area contributed by atoms with Crippen LogP contribution >= 0.6 is 34.7 Å². The van der Waals surface area contributed by atoms with E-state index in [0.29, 0.717) is 22.9 Å². The van der Waals surface area contributed by atoms with E-state index in [-0.39, 0.29) is 5.91 Å². The molecule has 0 radical (unpaired) electrons. The fourth-order valence-electron chi connectivity index (χ4n) is 2.22. The summed E-state index contributed by atoms with van der Waals surface area (Å²) in [5.74, 6) is 0.601. The molecule has 0 saturated heterocycles. The van der Waals surface area contributed by atoms with Gasteiger partial charge in [-0.3, -0.25) is 4.79 Å². The maximum absolute atomic E-state index is 12.0. The first-order valence-electron chi connectivity index (χ1n) is 7.79. The maximum Gasteiger partial charge on any atom is 0.225 e. The minimum atomic E-state index is -0.0422. The Labute approximate surface area is 159 Å². The zero-order valence-corrected chi connectivity index (χ0v) is 15.8.